The number of hydrogen-bond donors (Lipinski definition) is 1. The monoisotopic (exact) mass is 224 g/mol. The lowest BCUT2D eigenvalue weighted by Crippen LogP contribution is -1.95. The Morgan fingerprint density at radius 2 is 1.82 bits per heavy atom. The van der Waals surface area contributed by atoms with E-state index in [1.165, 1.54) is 10.8 Å². The fraction of sp³-hybridized carbons (Fsp3) is 0.0714. The van der Waals surface area contributed by atoms with Gasteiger partial charge in [0.2, 0.25) is 0 Å². The van der Waals surface area contributed by atoms with E-state index in [1.807, 2.05) is 30.5 Å². The van der Waals surface area contributed by atoms with Crippen molar-refractivity contribution in [1.82, 2.24) is 9.78 Å². The third-order valence-corrected chi connectivity index (χ3v) is 2.80. The van der Waals surface area contributed by atoms with Gasteiger partial charge in [-0.2, -0.15) is 5.10 Å². The van der Waals surface area contributed by atoms with Crippen molar-refractivity contribution in [2.45, 2.75) is 6.61 Å². The van der Waals surface area contributed by atoms with Gasteiger partial charge >= 0.3 is 0 Å². The van der Waals surface area contributed by atoms with Gasteiger partial charge in [0, 0.05) is 6.20 Å². The topological polar surface area (TPSA) is 38.0 Å². The van der Waals surface area contributed by atoms with Crippen molar-refractivity contribution >= 4 is 10.8 Å². The molecule has 3 rings (SSSR count). The van der Waals surface area contributed by atoms with E-state index in [1.54, 1.807) is 4.68 Å². The molecule has 0 saturated carbocycles. The van der Waals surface area contributed by atoms with Crippen molar-refractivity contribution in [1.29, 1.82) is 0 Å². The van der Waals surface area contributed by atoms with Gasteiger partial charge in [0.05, 0.1) is 18.0 Å². The molecule has 0 aliphatic heterocycles. The summed E-state index contributed by atoms with van der Waals surface area (Å²) >= 11 is 0. The van der Waals surface area contributed by atoms with E-state index < -0.39 is 0 Å². The van der Waals surface area contributed by atoms with Gasteiger partial charge in [-0.15, -0.1) is 0 Å². The Hall–Kier alpha value is -2.13. The van der Waals surface area contributed by atoms with Crippen LogP contribution < -0.4 is 0 Å². The molecule has 3 heteroatoms. The largest absolute Gasteiger partial charge is 0.390 e. The highest BCUT2D eigenvalue weighted by Crippen LogP contribution is 2.18. The minimum atomic E-state index is -0.0272. The molecule has 1 heterocycles. The Morgan fingerprint density at radius 3 is 2.59 bits per heavy atom. The SMILES string of the molecule is OCc1ccn(-c2ccc3ccccc3c2)n1. The predicted molar refractivity (Wildman–Crippen MR) is 67.0 cm³/mol. The van der Waals surface area contributed by atoms with E-state index in [2.05, 4.69) is 29.4 Å². The maximum absolute atomic E-state index is 8.99. The van der Waals surface area contributed by atoms with Crippen LogP contribution in [0.2, 0.25) is 0 Å². The van der Waals surface area contributed by atoms with Crippen LogP contribution in [0, 0.1) is 0 Å². The van der Waals surface area contributed by atoms with Crippen LogP contribution >= 0.6 is 0 Å². The smallest absolute Gasteiger partial charge is 0.0883 e. The summed E-state index contributed by atoms with van der Waals surface area (Å²) in [5.74, 6) is 0. The summed E-state index contributed by atoms with van der Waals surface area (Å²) < 4.78 is 1.78. The molecule has 1 N–H and O–H groups in total. The van der Waals surface area contributed by atoms with Crippen LogP contribution in [-0.2, 0) is 6.61 Å². The lowest BCUT2D eigenvalue weighted by Gasteiger charge is -2.03. The van der Waals surface area contributed by atoms with Crippen molar-refractivity contribution in [3.63, 3.8) is 0 Å². The molecular formula is C14H12N2O. The van der Waals surface area contributed by atoms with E-state index in [-0.39, 0.29) is 6.61 Å². The molecule has 0 amide bonds. The highest BCUT2D eigenvalue weighted by molar-refractivity contribution is 5.84. The molecular weight excluding hydrogens is 212 g/mol. The normalized spacial score (nSPS) is 10.9. The lowest BCUT2D eigenvalue weighted by molar-refractivity contribution is 0.276. The summed E-state index contributed by atoms with van der Waals surface area (Å²) in [6.07, 6.45) is 1.86. The molecule has 3 nitrogen and oxygen atoms in total. The zero-order valence-electron chi connectivity index (χ0n) is 9.24. The molecule has 17 heavy (non-hydrogen) atoms. The summed E-state index contributed by atoms with van der Waals surface area (Å²) in [6, 6.07) is 16.2. The van der Waals surface area contributed by atoms with E-state index in [0.717, 1.165) is 5.69 Å². The number of aromatic nitrogens is 2. The molecule has 0 aliphatic carbocycles. The molecule has 0 bridgehead atoms. The number of rotatable bonds is 2. The molecule has 0 saturated heterocycles. The number of aliphatic hydroxyl groups is 1. The molecule has 2 aromatic carbocycles. The Kier molecular flexibility index (Phi) is 2.38. The first-order valence-electron chi connectivity index (χ1n) is 5.51. The number of fused-ring (bicyclic) bond motifs is 1. The van der Waals surface area contributed by atoms with Gasteiger partial charge in [0.1, 0.15) is 0 Å². The molecule has 0 spiro atoms. The lowest BCUT2D eigenvalue weighted by atomic mass is 10.1. The average molecular weight is 224 g/mol. The van der Waals surface area contributed by atoms with Gasteiger partial charge in [-0.3, -0.25) is 0 Å². The fourth-order valence-electron chi connectivity index (χ4n) is 1.91. The zero-order chi connectivity index (χ0) is 11.7. The van der Waals surface area contributed by atoms with Crippen LogP contribution in [0.15, 0.2) is 54.7 Å². The van der Waals surface area contributed by atoms with Crippen molar-refractivity contribution < 1.29 is 5.11 Å². The van der Waals surface area contributed by atoms with Gasteiger partial charge < -0.3 is 5.11 Å². The quantitative estimate of drug-likeness (QED) is 0.726. The van der Waals surface area contributed by atoms with E-state index in [0.29, 0.717) is 5.69 Å². The number of hydrogen-bond acceptors (Lipinski definition) is 2. The van der Waals surface area contributed by atoms with Crippen LogP contribution in [0.3, 0.4) is 0 Å². The average Bonchev–Trinajstić information content (AvgIpc) is 2.87. The van der Waals surface area contributed by atoms with Crippen molar-refractivity contribution in [3.05, 3.63) is 60.4 Å². The molecule has 84 valence electrons. The highest BCUT2D eigenvalue weighted by atomic mass is 16.3. The number of aliphatic hydroxyl groups excluding tert-OH is 1. The first kappa shape index (κ1) is 10.1. The molecule has 0 fully saturated rings. The minimum Gasteiger partial charge on any atom is -0.390 e. The second-order valence-electron chi connectivity index (χ2n) is 3.94. The highest BCUT2D eigenvalue weighted by Gasteiger charge is 2.01. The maximum atomic E-state index is 8.99. The molecule has 3 aromatic rings. The zero-order valence-corrected chi connectivity index (χ0v) is 9.24. The summed E-state index contributed by atoms with van der Waals surface area (Å²) in [5, 5.41) is 15.7. The Balaban J connectivity index is 2.11. The Bertz CT molecular complexity index is 658. The van der Waals surface area contributed by atoms with Crippen LogP contribution in [0.1, 0.15) is 5.69 Å². The molecule has 0 aliphatic rings. The summed E-state index contributed by atoms with van der Waals surface area (Å²) in [7, 11) is 0. The molecule has 0 atom stereocenters. The maximum Gasteiger partial charge on any atom is 0.0883 e. The predicted octanol–water partition coefficient (Wildman–Crippen LogP) is 2.52. The second-order valence-corrected chi connectivity index (χ2v) is 3.94. The summed E-state index contributed by atoms with van der Waals surface area (Å²) in [5.41, 5.74) is 1.68. The minimum absolute atomic E-state index is 0.0272. The van der Waals surface area contributed by atoms with Crippen LogP contribution in [0.4, 0.5) is 0 Å². The van der Waals surface area contributed by atoms with Crippen LogP contribution in [0.25, 0.3) is 16.5 Å². The summed E-state index contributed by atoms with van der Waals surface area (Å²) in [6.45, 7) is -0.0272. The number of nitrogens with zero attached hydrogens (tertiary/aromatic N) is 2. The van der Waals surface area contributed by atoms with E-state index in [4.69, 9.17) is 5.11 Å². The summed E-state index contributed by atoms with van der Waals surface area (Å²) in [4.78, 5) is 0. The molecule has 1 aromatic heterocycles. The van der Waals surface area contributed by atoms with Gasteiger partial charge in [0.25, 0.3) is 0 Å². The Labute approximate surface area is 98.9 Å². The fourth-order valence-corrected chi connectivity index (χ4v) is 1.91. The molecule has 0 unspecified atom stereocenters. The molecule has 0 radical (unpaired) electrons. The first-order chi connectivity index (χ1) is 8.36. The van der Waals surface area contributed by atoms with Crippen LogP contribution in [-0.4, -0.2) is 14.9 Å². The first-order valence-corrected chi connectivity index (χ1v) is 5.51. The van der Waals surface area contributed by atoms with Gasteiger partial charge in [0.15, 0.2) is 0 Å². The third kappa shape index (κ3) is 1.81. The van der Waals surface area contributed by atoms with Crippen molar-refractivity contribution in [2.75, 3.05) is 0 Å². The van der Waals surface area contributed by atoms with E-state index >= 15 is 0 Å². The second kappa shape index (κ2) is 4.03. The standard InChI is InChI=1S/C14H12N2O/c17-10-13-7-8-16(15-13)14-6-5-11-3-1-2-4-12(11)9-14/h1-9,17H,10H2. The third-order valence-electron chi connectivity index (χ3n) is 2.80. The van der Waals surface area contributed by atoms with Gasteiger partial charge in [-0.1, -0.05) is 30.3 Å². The van der Waals surface area contributed by atoms with Crippen molar-refractivity contribution in [2.24, 2.45) is 0 Å². The Morgan fingerprint density at radius 1 is 1.00 bits per heavy atom. The van der Waals surface area contributed by atoms with Gasteiger partial charge in [-0.25, -0.2) is 4.68 Å². The van der Waals surface area contributed by atoms with Gasteiger partial charge in [-0.05, 0) is 29.0 Å². The van der Waals surface area contributed by atoms with Crippen LogP contribution in [0.5, 0.6) is 0 Å². The van der Waals surface area contributed by atoms with Crippen molar-refractivity contribution in [3.8, 4) is 5.69 Å². The number of benzene rings is 2. The van der Waals surface area contributed by atoms with E-state index in [9.17, 15) is 0 Å².